The van der Waals surface area contributed by atoms with Crippen molar-refractivity contribution < 1.29 is 5.11 Å². The van der Waals surface area contributed by atoms with Crippen molar-refractivity contribution in [2.75, 3.05) is 5.75 Å². The zero-order chi connectivity index (χ0) is 10.3. The summed E-state index contributed by atoms with van der Waals surface area (Å²) in [6.07, 6.45) is 1.20. The summed E-state index contributed by atoms with van der Waals surface area (Å²) in [6.45, 7) is 1.15. The molecule has 0 unspecified atom stereocenters. The zero-order valence-corrected chi connectivity index (χ0v) is 9.13. The molecule has 0 atom stereocenters. The lowest BCUT2D eigenvalue weighted by molar-refractivity contribution is 0.282. The molecule has 2 aromatic rings. The molecule has 3 rings (SSSR count). The molecule has 2 heterocycles. The molecule has 1 aliphatic rings. The SMILES string of the molecule is OCc1ccc2nc3n(c2c1)CCCS3. The number of aryl methyl sites for hydroxylation is 1. The molecular weight excluding hydrogens is 208 g/mol. The van der Waals surface area contributed by atoms with Crippen molar-refractivity contribution in [1.82, 2.24) is 9.55 Å². The lowest BCUT2D eigenvalue weighted by Crippen LogP contribution is -2.06. The Bertz CT molecular complexity index is 507. The Balaban J connectivity index is 2.24. The first kappa shape index (κ1) is 9.24. The first-order valence-electron chi connectivity index (χ1n) is 5.11. The summed E-state index contributed by atoms with van der Waals surface area (Å²) in [5, 5.41) is 10.2. The van der Waals surface area contributed by atoms with E-state index in [1.807, 2.05) is 30.0 Å². The van der Waals surface area contributed by atoms with Crippen LogP contribution in [0.4, 0.5) is 0 Å². The number of hydrogen-bond donors (Lipinski definition) is 1. The topological polar surface area (TPSA) is 38.1 Å². The Labute approximate surface area is 92.1 Å². The van der Waals surface area contributed by atoms with Crippen molar-refractivity contribution in [3.05, 3.63) is 23.8 Å². The monoisotopic (exact) mass is 220 g/mol. The minimum absolute atomic E-state index is 0.101. The molecule has 15 heavy (non-hydrogen) atoms. The Morgan fingerprint density at radius 2 is 2.40 bits per heavy atom. The third kappa shape index (κ3) is 1.44. The number of hydrogen-bond acceptors (Lipinski definition) is 3. The Morgan fingerprint density at radius 3 is 3.27 bits per heavy atom. The summed E-state index contributed by atoms with van der Waals surface area (Å²) in [5.74, 6) is 1.16. The number of aromatic nitrogens is 2. The number of imidazole rings is 1. The van der Waals surface area contributed by atoms with E-state index >= 15 is 0 Å². The number of benzene rings is 1. The van der Waals surface area contributed by atoms with E-state index in [9.17, 15) is 0 Å². The van der Waals surface area contributed by atoms with E-state index in [4.69, 9.17) is 5.11 Å². The molecule has 0 fully saturated rings. The molecule has 0 radical (unpaired) electrons. The van der Waals surface area contributed by atoms with Crippen molar-refractivity contribution in [2.45, 2.75) is 24.7 Å². The highest BCUT2D eigenvalue weighted by molar-refractivity contribution is 7.99. The van der Waals surface area contributed by atoms with Crippen LogP contribution in [0.3, 0.4) is 0 Å². The van der Waals surface area contributed by atoms with Crippen LogP contribution in [0.25, 0.3) is 11.0 Å². The van der Waals surface area contributed by atoms with Gasteiger partial charge >= 0.3 is 0 Å². The molecule has 1 N–H and O–H groups in total. The average Bonchev–Trinajstić information content (AvgIpc) is 2.66. The average molecular weight is 220 g/mol. The summed E-state index contributed by atoms with van der Waals surface area (Å²) in [5.41, 5.74) is 3.15. The maximum absolute atomic E-state index is 9.10. The molecule has 0 spiro atoms. The molecule has 3 nitrogen and oxygen atoms in total. The molecule has 1 aromatic carbocycles. The number of aliphatic hydroxyl groups excluding tert-OH is 1. The van der Waals surface area contributed by atoms with Gasteiger partial charge < -0.3 is 9.67 Å². The predicted octanol–water partition coefficient (Wildman–Crippen LogP) is 2.02. The van der Waals surface area contributed by atoms with Gasteiger partial charge in [-0.1, -0.05) is 17.8 Å². The van der Waals surface area contributed by atoms with Crippen molar-refractivity contribution in [3.63, 3.8) is 0 Å². The molecular formula is C11H12N2OS. The molecule has 0 aliphatic carbocycles. The van der Waals surface area contributed by atoms with E-state index in [2.05, 4.69) is 9.55 Å². The predicted molar refractivity (Wildman–Crippen MR) is 61.0 cm³/mol. The van der Waals surface area contributed by atoms with Crippen molar-refractivity contribution in [1.29, 1.82) is 0 Å². The Hall–Kier alpha value is -1.00. The second kappa shape index (κ2) is 3.54. The zero-order valence-electron chi connectivity index (χ0n) is 8.31. The summed E-state index contributed by atoms with van der Waals surface area (Å²) in [7, 11) is 0. The van der Waals surface area contributed by atoms with Crippen LogP contribution in [0, 0.1) is 0 Å². The van der Waals surface area contributed by atoms with E-state index in [0.717, 1.165) is 34.1 Å². The summed E-state index contributed by atoms with van der Waals surface area (Å²) in [6, 6.07) is 5.97. The molecule has 0 saturated carbocycles. The van der Waals surface area contributed by atoms with Gasteiger partial charge in [0.15, 0.2) is 5.16 Å². The normalized spacial score (nSPS) is 15.5. The molecule has 1 aromatic heterocycles. The maximum Gasteiger partial charge on any atom is 0.169 e. The number of thioether (sulfide) groups is 1. The van der Waals surface area contributed by atoms with Gasteiger partial charge in [-0.05, 0) is 24.1 Å². The first-order valence-corrected chi connectivity index (χ1v) is 6.10. The van der Waals surface area contributed by atoms with Crippen LogP contribution in [-0.2, 0) is 13.2 Å². The van der Waals surface area contributed by atoms with Crippen molar-refractivity contribution >= 4 is 22.8 Å². The van der Waals surface area contributed by atoms with Gasteiger partial charge in [-0.15, -0.1) is 0 Å². The van der Waals surface area contributed by atoms with Crippen LogP contribution in [0.1, 0.15) is 12.0 Å². The second-order valence-electron chi connectivity index (χ2n) is 3.73. The fourth-order valence-electron chi connectivity index (χ4n) is 1.96. The lowest BCUT2D eigenvalue weighted by Gasteiger charge is -2.13. The minimum atomic E-state index is 0.101. The van der Waals surface area contributed by atoms with Gasteiger partial charge in [0.2, 0.25) is 0 Å². The van der Waals surface area contributed by atoms with Crippen LogP contribution in [0.5, 0.6) is 0 Å². The van der Waals surface area contributed by atoms with Gasteiger partial charge in [-0.2, -0.15) is 0 Å². The lowest BCUT2D eigenvalue weighted by atomic mass is 10.2. The third-order valence-corrected chi connectivity index (χ3v) is 3.78. The van der Waals surface area contributed by atoms with Crippen molar-refractivity contribution in [2.24, 2.45) is 0 Å². The van der Waals surface area contributed by atoms with Gasteiger partial charge in [0, 0.05) is 12.3 Å². The van der Waals surface area contributed by atoms with Gasteiger partial charge in [-0.25, -0.2) is 4.98 Å². The largest absolute Gasteiger partial charge is 0.392 e. The quantitative estimate of drug-likeness (QED) is 0.799. The highest BCUT2D eigenvalue weighted by Crippen LogP contribution is 2.29. The van der Waals surface area contributed by atoms with Crippen molar-refractivity contribution in [3.8, 4) is 0 Å². The van der Waals surface area contributed by atoms with Crippen LogP contribution in [-0.4, -0.2) is 20.4 Å². The van der Waals surface area contributed by atoms with Crippen LogP contribution < -0.4 is 0 Å². The van der Waals surface area contributed by atoms with Gasteiger partial charge in [-0.3, -0.25) is 0 Å². The smallest absolute Gasteiger partial charge is 0.169 e. The summed E-state index contributed by atoms with van der Waals surface area (Å²) in [4.78, 5) is 4.57. The number of nitrogens with zero attached hydrogens (tertiary/aromatic N) is 2. The Morgan fingerprint density at radius 1 is 1.47 bits per heavy atom. The third-order valence-electron chi connectivity index (χ3n) is 2.72. The van der Waals surface area contributed by atoms with E-state index in [-0.39, 0.29) is 6.61 Å². The maximum atomic E-state index is 9.10. The highest BCUT2D eigenvalue weighted by Gasteiger charge is 2.14. The fraction of sp³-hybridized carbons (Fsp3) is 0.364. The van der Waals surface area contributed by atoms with Gasteiger partial charge in [0.1, 0.15) is 0 Å². The highest BCUT2D eigenvalue weighted by atomic mass is 32.2. The molecule has 78 valence electrons. The molecule has 1 aliphatic heterocycles. The Kier molecular flexibility index (Phi) is 2.18. The van der Waals surface area contributed by atoms with Gasteiger partial charge in [0.05, 0.1) is 17.6 Å². The summed E-state index contributed by atoms with van der Waals surface area (Å²) < 4.78 is 2.25. The van der Waals surface area contributed by atoms with E-state index in [1.54, 1.807) is 0 Å². The van der Waals surface area contributed by atoms with Gasteiger partial charge in [0.25, 0.3) is 0 Å². The second-order valence-corrected chi connectivity index (χ2v) is 4.79. The standard InChI is InChI=1S/C11H12N2OS/c14-7-8-2-3-9-10(6-8)13-4-1-5-15-11(13)12-9/h2-3,6,14H,1,4-5,7H2. The van der Waals surface area contributed by atoms with E-state index in [0.29, 0.717) is 0 Å². The van der Waals surface area contributed by atoms with E-state index in [1.165, 1.54) is 6.42 Å². The van der Waals surface area contributed by atoms with Crippen LogP contribution in [0.15, 0.2) is 23.4 Å². The summed E-state index contributed by atoms with van der Waals surface area (Å²) >= 11 is 1.82. The number of fused-ring (bicyclic) bond motifs is 3. The van der Waals surface area contributed by atoms with Crippen LogP contribution in [0.2, 0.25) is 0 Å². The minimum Gasteiger partial charge on any atom is -0.392 e. The molecule has 4 heteroatoms. The molecule has 0 saturated heterocycles. The number of aliphatic hydroxyl groups is 1. The first-order chi connectivity index (χ1) is 7.38. The van der Waals surface area contributed by atoms with Crippen LogP contribution >= 0.6 is 11.8 Å². The fourth-order valence-corrected chi connectivity index (χ4v) is 2.92. The molecule has 0 bridgehead atoms. The molecule has 0 amide bonds. The van der Waals surface area contributed by atoms with E-state index < -0.39 is 0 Å². The number of rotatable bonds is 1.